The highest BCUT2D eigenvalue weighted by Gasteiger charge is 2.21. The summed E-state index contributed by atoms with van der Waals surface area (Å²) in [4.78, 5) is 19.6. The van der Waals surface area contributed by atoms with Crippen LogP contribution in [0, 0.1) is 21.7 Å². The molecule has 0 unspecified atom stereocenters. The van der Waals surface area contributed by atoms with E-state index in [1.807, 2.05) is 0 Å². The van der Waals surface area contributed by atoms with Gasteiger partial charge in [0, 0.05) is 6.42 Å². The first-order chi connectivity index (χ1) is 7.91. The number of hydrogen-bond acceptors (Lipinski definition) is 3. The predicted molar refractivity (Wildman–Crippen MR) is 55.9 cm³/mol. The summed E-state index contributed by atoms with van der Waals surface area (Å²) in [5.74, 6) is -3.13. The van der Waals surface area contributed by atoms with Crippen LogP contribution in [0.3, 0.4) is 0 Å². The van der Waals surface area contributed by atoms with Crippen molar-refractivity contribution in [3.8, 4) is 0 Å². The van der Waals surface area contributed by atoms with E-state index >= 15 is 0 Å². The fourth-order valence-corrected chi connectivity index (χ4v) is 1.17. The van der Waals surface area contributed by atoms with E-state index in [0.717, 1.165) is 12.1 Å². The molecule has 1 aromatic rings. The molecule has 0 aliphatic rings. The maximum absolute atomic E-state index is 13.1. The quantitative estimate of drug-likeness (QED) is 0.644. The molecule has 1 rings (SSSR count). The SMILES string of the molecule is NC(=O)CC=Cc1cc(F)c([N+](=O)[O-])c(F)c1. The van der Waals surface area contributed by atoms with Crippen LogP contribution in [0.15, 0.2) is 18.2 Å². The lowest BCUT2D eigenvalue weighted by atomic mass is 10.1. The molecule has 0 aliphatic carbocycles. The van der Waals surface area contributed by atoms with Gasteiger partial charge in [-0.25, -0.2) is 0 Å². The van der Waals surface area contributed by atoms with Gasteiger partial charge in [-0.05, 0) is 17.7 Å². The summed E-state index contributed by atoms with van der Waals surface area (Å²) in [6, 6.07) is 1.61. The van der Waals surface area contributed by atoms with Crippen molar-refractivity contribution in [2.45, 2.75) is 6.42 Å². The molecule has 0 aromatic heterocycles. The van der Waals surface area contributed by atoms with Gasteiger partial charge < -0.3 is 5.73 Å². The number of nitrogens with two attached hydrogens (primary N) is 1. The molecule has 0 heterocycles. The first-order valence-electron chi connectivity index (χ1n) is 4.50. The van der Waals surface area contributed by atoms with Gasteiger partial charge in [0.05, 0.1) is 4.92 Å². The number of halogens is 2. The van der Waals surface area contributed by atoms with Gasteiger partial charge in [0.25, 0.3) is 0 Å². The highest BCUT2D eigenvalue weighted by molar-refractivity contribution is 5.76. The average molecular weight is 242 g/mol. The van der Waals surface area contributed by atoms with Crippen molar-refractivity contribution in [2.75, 3.05) is 0 Å². The molecule has 17 heavy (non-hydrogen) atoms. The maximum Gasteiger partial charge on any atom is 0.340 e. The zero-order chi connectivity index (χ0) is 13.0. The third-order valence-corrected chi connectivity index (χ3v) is 1.85. The number of carbonyl (C=O) groups is 1. The number of rotatable bonds is 4. The van der Waals surface area contributed by atoms with E-state index in [0.29, 0.717) is 0 Å². The van der Waals surface area contributed by atoms with Gasteiger partial charge >= 0.3 is 5.69 Å². The summed E-state index contributed by atoms with van der Waals surface area (Å²) in [6.45, 7) is 0. The molecule has 0 spiro atoms. The molecule has 0 radical (unpaired) electrons. The Morgan fingerprint density at radius 3 is 2.35 bits per heavy atom. The van der Waals surface area contributed by atoms with Crippen LogP contribution in [0.1, 0.15) is 12.0 Å². The number of hydrogen-bond donors (Lipinski definition) is 1. The van der Waals surface area contributed by atoms with Gasteiger partial charge in [0.1, 0.15) is 0 Å². The van der Waals surface area contributed by atoms with Gasteiger partial charge in [-0.1, -0.05) is 12.2 Å². The van der Waals surface area contributed by atoms with Gasteiger partial charge in [0.2, 0.25) is 17.5 Å². The van der Waals surface area contributed by atoms with Crippen molar-refractivity contribution in [3.63, 3.8) is 0 Å². The van der Waals surface area contributed by atoms with Crippen molar-refractivity contribution in [3.05, 3.63) is 45.5 Å². The lowest BCUT2D eigenvalue weighted by Gasteiger charge is -1.98. The van der Waals surface area contributed by atoms with Gasteiger partial charge in [-0.3, -0.25) is 14.9 Å². The van der Waals surface area contributed by atoms with Crippen molar-refractivity contribution < 1.29 is 18.5 Å². The summed E-state index contributed by atoms with van der Waals surface area (Å²) in [5, 5.41) is 10.3. The molecule has 2 N–H and O–H groups in total. The Kier molecular flexibility index (Phi) is 3.86. The van der Waals surface area contributed by atoms with Gasteiger partial charge in [0.15, 0.2) is 0 Å². The van der Waals surface area contributed by atoms with E-state index in [4.69, 9.17) is 5.73 Å². The molecular formula is C10H8F2N2O3. The minimum absolute atomic E-state index is 0.0758. The summed E-state index contributed by atoms with van der Waals surface area (Å²) in [6.07, 6.45) is 2.48. The zero-order valence-corrected chi connectivity index (χ0v) is 8.52. The third kappa shape index (κ3) is 3.33. The number of primary amides is 1. The second kappa shape index (κ2) is 5.15. The van der Waals surface area contributed by atoms with Crippen molar-refractivity contribution in [1.29, 1.82) is 0 Å². The first kappa shape index (κ1) is 12.8. The zero-order valence-electron chi connectivity index (χ0n) is 8.52. The van der Waals surface area contributed by atoms with E-state index < -0.39 is 28.2 Å². The normalized spacial score (nSPS) is 10.7. The van der Waals surface area contributed by atoms with E-state index in [1.54, 1.807) is 0 Å². The second-order valence-corrected chi connectivity index (χ2v) is 3.16. The van der Waals surface area contributed by atoms with Crippen molar-refractivity contribution >= 4 is 17.7 Å². The summed E-state index contributed by atoms with van der Waals surface area (Å²) in [5.41, 5.74) is 3.73. The number of benzene rings is 1. The maximum atomic E-state index is 13.1. The van der Waals surface area contributed by atoms with Crippen LogP contribution in [0.2, 0.25) is 0 Å². The first-order valence-corrected chi connectivity index (χ1v) is 4.50. The minimum Gasteiger partial charge on any atom is -0.369 e. The molecule has 0 atom stereocenters. The smallest absolute Gasteiger partial charge is 0.340 e. The van der Waals surface area contributed by atoms with Crippen molar-refractivity contribution in [1.82, 2.24) is 0 Å². The fraction of sp³-hybridized carbons (Fsp3) is 0.100. The molecule has 0 saturated carbocycles. The molecule has 0 aliphatic heterocycles. The van der Waals surface area contributed by atoms with Crippen LogP contribution in [0.25, 0.3) is 6.08 Å². The molecule has 0 fully saturated rings. The van der Waals surface area contributed by atoms with E-state index in [2.05, 4.69) is 0 Å². The number of amides is 1. The predicted octanol–water partition coefficient (Wildman–Crippen LogP) is 1.76. The van der Waals surface area contributed by atoms with Crippen molar-refractivity contribution in [2.24, 2.45) is 5.73 Å². The fourth-order valence-electron chi connectivity index (χ4n) is 1.17. The number of nitro groups is 1. The molecular weight excluding hydrogens is 234 g/mol. The van der Waals surface area contributed by atoms with Gasteiger partial charge in [-0.15, -0.1) is 0 Å². The Labute approximate surface area is 94.7 Å². The highest BCUT2D eigenvalue weighted by Crippen LogP contribution is 2.23. The van der Waals surface area contributed by atoms with Crippen LogP contribution < -0.4 is 5.73 Å². The standard InChI is InChI=1S/C10H8F2N2O3/c11-7-4-6(2-1-3-9(13)15)5-8(12)10(7)14(16)17/h1-2,4-5H,3H2,(H2,13,15). The summed E-state index contributed by atoms with van der Waals surface area (Å²) >= 11 is 0. The molecule has 90 valence electrons. The molecule has 1 aromatic carbocycles. The van der Waals surface area contributed by atoms with Crippen LogP contribution in [-0.2, 0) is 4.79 Å². The molecule has 1 amide bonds. The Balaban J connectivity index is 3.02. The minimum atomic E-state index is -1.27. The number of nitrogens with zero attached hydrogens (tertiary/aromatic N) is 1. The van der Waals surface area contributed by atoms with Crippen LogP contribution in [0.5, 0.6) is 0 Å². The average Bonchev–Trinajstić information content (AvgIpc) is 2.14. The second-order valence-electron chi connectivity index (χ2n) is 3.16. The molecule has 0 saturated heterocycles. The van der Waals surface area contributed by atoms with E-state index in [1.165, 1.54) is 12.2 Å². The van der Waals surface area contributed by atoms with Crippen LogP contribution >= 0.6 is 0 Å². The summed E-state index contributed by atoms with van der Waals surface area (Å²) in [7, 11) is 0. The van der Waals surface area contributed by atoms with E-state index in [9.17, 15) is 23.7 Å². The number of carbonyl (C=O) groups excluding carboxylic acids is 1. The Hall–Kier alpha value is -2.31. The van der Waals surface area contributed by atoms with Crippen LogP contribution in [-0.4, -0.2) is 10.8 Å². The van der Waals surface area contributed by atoms with E-state index in [-0.39, 0.29) is 12.0 Å². The molecule has 5 nitrogen and oxygen atoms in total. The Bertz CT molecular complexity index is 477. The Morgan fingerprint density at radius 1 is 1.41 bits per heavy atom. The molecule has 0 bridgehead atoms. The lowest BCUT2D eigenvalue weighted by molar-refractivity contribution is -0.390. The Morgan fingerprint density at radius 2 is 1.94 bits per heavy atom. The molecule has 7 heteroatoms. The summed E-state index contributed by atoms with van der Waals surface area (Å²) < 4.78 is 26.3. The monoisotopic (exact) mass is 242 g/mol. The number of nitro benzene ring substituents is 1. The lowest BCUT2D eigenvalue weighted by Crippen LogP contribution is -2.07. The highest BCUT2D eigenvalue weighted by atomic mass is 19.1. The third-order valence-electron chi connectivity index (χ3n) is 1.85. The van der Waals surface area contributed by atoms with Gasteiger partial charge in [-0.2, -0.15) is 8.78 Å². The largest absolute Gasteiger partial charge is 0.369 e. The van der Waals surface area contributed by atoms with Crippen LogP contribution in [0.4, 0.5) is 14.5 Å². The topological polar surface area (TPSA) is 86.2 Å².